The monoisotopic (exact) mass is 518 g/mol. The van der Waals surface area contributed by atoms with Crippen LogP contribution in [-0.2, 0) is 17.7 Å². The highest BCUT2D eigenvalue weighted by Gasteiger charge is 2.09. The Morgan fingerprint density at radius 3 is 2.68 bits per heavy atom. The van der Waals surface area contributed by atoms with Gasteiger partial charge in [-0.2, -0.15) is 0 Å². The van der Waals surface area contributed by atoms with Crippen LogP contribution in [0.25, 0.3) is 0 Å². The summed E-state index contributed by atoms with van der Waals surface area (Å²) in [5, 5.41) is 7.54. The van der Waals surface area contributed by atoms with Crippen molar-refractivity contribution < 1.29 is 9.15 Å². The Bertz CT molecular complexity index is 706. The van der Waals surface area contributed by atoms with Crippen LogP contribution in [0.1, 0.15) is 11.3 Å². The van der Waals surface area contributed by atoms with Crippen LogP contribution < -0.4 is 10.6 Å². The highest BCUT2D eigenvalue weighted by atomic mass is 127. The summed E-state index contributed by atoms with van der Waals surface area (Å²) in [6, 6.07) is 11.7. The normalized spacial score (nSPS) is 15.1. The van der Waals surface area contributed by atoms with Crippen molar-refractivity contribution >= 4 is 41.5 Å². The number of ether oxygens (including phenoxy) is 1. The molecule has 1 aliphatic heterocycles. The van der Waals surface area contributed by atoms with Crippen molar-refractivity contribution in [3.63, 3.8) is 0 Å². The van der Waals surface area contributed by atoms with Crippen molar-refractivity contribution in [2.24, 2.45) is 4.99 Å². The van der Waals surface area contributed by atoms with Gasteiger partial charge in [-0.3, -0.25) is 4.90 Å². The Balaban J connectivity index is 0.00000280. The fourth-order valence-electron chi connectivity index (χ4n) is 2.90. The van der Waals surface area contributed by atoms with Gasteiger partial charge in [0.1, 0.15) is 5.76 Å². The lowest BCUT2D eigenvalue weighted by Gasteiger charge is -2.26. The summed E-state index contributed by atoms with van der Waals surface area (Å²) in [6.45, 7) is 6.75. The summed E-state index contributed by atoms with van der Waals surface area (Å²) >= 11 is 6.06. The molecule has 0 spiro atoms. The first-order chi connectivity index (χ1) is 13.3. The summed E-state index contributed by atoms with van der Waals surface area (Å²) in [4.78, 5) is 7.10. The maximum Gasteiger partial charge on any atom is 0.191 e. The summed E-state index contributed by atoms with van der Waals surface area (Å²) in [5.41, 5.74) is 1.09. The Hall–Kier alpha value is -1.29. The standard InChI is InChI=1S/C20H27ClN4O2.HI/c21-18-4-1-3-17(15-18)16-24-20(22-7-6-19-5-2-12-27-19)23-8-9-25-10-13-26-14-11-25;/h1-5,12,15H,6-11,13-14,16H2,(H2,22,23,24);1H. The lowest BCUT2D eigenvalue weighted by Crippen LogP contribution is -2.44. The van der Waals surface area contributed by atoms with Crippen LogP contribution >= 0.6 is 35.6 Å². The third-order valence-electron chi connectivity index (χ3n) is 4.38. The molecule has 0 saturated carbocycles. The van der Waals surface area contributed by atoms with Crippen molar-refractivity contribution in [1.82, 2.24) is 15.5 Å². The zero-order chi connectivity index (χ0) is 18.7. The van der Waals surface area contributed by atoms with Gasteiger partial charge in [-0.1, -0.05) is 23.7 Å². The number of halogens is 2. The van der Waals surface area contributed by atoms with E-state index in [-0.39, 0.29) is 24.0 Å². The number of hydrogen-bond acceptors (Lipinski definition) is 4. The number of morpholine rings is 1. The number of nitrogens with one attached hydrogen (secondary N) is 2. The molecule has 1 aromatic carbocycles. The number of rotatable bonds is 8. The van der Waals surface area contributed by atoms with Crippen molar-refractivity contribution in [2.45, 2.75) is 13.0 Å². The molecule has 2 N–H and O–H groups in total. The SMILES string of the molecule is Clc1cccc(CN=C(NCCc2ccco2)NCCN2CCOCC2)c1.I. The van der Waals surface area contributed by atoms with E-state index in [1.54, 1.807) is 6.26 Å². The van der Waals surface area contributed by atoms with Gasteiger partial charge in [-0.15, -0.1) is 24.0 Å². The molecule has 28 heavy (non-hydrogen) atoms. The van der Waals surface area contributed by atoms with E-state index in [4.69, 9.17) is 25.7 Å². The molecule has 1 aliphatic rings. The molecule has 0 aliphatic carbocycles. The summed E-state index contributed by atoms with van der Waals surface area (Å²) < 4.78 is 10.8. The molecule has 0 radical (unpaired) electrons. The molecule has 6 nitrogen and oxygen atoms in total. The number of hydrogen-bond donors (Lipinski definition) is 2. The Kier molecular flexibility index (Phi) is 10.7. The van der Waals surface area contributed by atoms with E-state index >= 15 is 0 Å². The highest BCUT2D eigenvalue weighted by molar-refractivity contribution is 14.0. The van der Waals surface area contributed by atoms with Crippen LogP contribution in [0.3, 0.4) is 0 Å². The van der Waals surface area contributed by atoms with Gasteiger partial charge in [0.25, 0.3) is 0 Å². The first kappa shape index (κ1) is 23.0. The molecule has 1 fully saturated rings. The lowest BCUT2D eigenvalue weighted by molar-refractivity contribution is 0.0389. The van der Waals surface area contributed by atoms with Gasteiger partial charge in [0.05, 0.1) is 26.0 Å². The van der Waals surface area contributed by atoms with Crippen molar-refractivity contribution in [1.29, 1.82) is 0 Å². The lowest BCUT2D eigenvalue weighted by atomic mass is 10.2. The summed E-state index contributed by atoms with van der Waals surface area (Å²) in [7, 11) is 0. The van der Waals surface area contributed by atoms with Crippen molar-refractivity contribution in [3.05, 3.63) is 59.0 Å². The van der Waals surface area contributed by atoms with E-state index in [1.807, 2.05) is 36.4 Å². The van der Waals surface area contributed by atoms with E-state index < -0.39 is 0 Å². The van der Waals surface area contributed by atoms with Gasteiger partial charge in [0.2, 0.25) is 0 Å². The van der Waals surface area contributed by atoms with Crippen LogP contribution in [0.2, 0.25) is 5.02 Å². The molecule has 0 amide bonds. The molecule has 3 rings (SSSR count). The minimum Gasteiger partial charge on any atom is -0.469 e. The molecule has 0 bridgehead atoms. The van der Waals surface area contributed by atoms with Gasteiger partial charge < -0.3 is 19.8 Å². The number of nitrogens with zero attached hydrogens (tertiary/aromatic N) is 2. The average molecular weight is 519 g/mol. The molecular formula is C20H28ClIN4O2. The fourth-order valence-corrected chi connectivity index (χ4v) is 3.11. The number of guanidine groups is 1. The van der Waals surface area contributed by atoms with Gasteiger partial charge in [0, 0.05) is 44.2 Å². The summed E-state index contributed by atoms with van der Waals surface area (Å²) in [5.74, 6) is 1.76. The highest BCUT2D eigenvalue weighted by Crippen LogP contribution is 2.11. The zero-order valence-corrected chi connectivity index (χ0v) is 19.0. The second-order valence-corrected chi connectivity index (χ2v) is 6.87. The van der Waals surface area contributed by atoms with E-state index in [0.29, 0.717) is 6.54 Å². The smallest absolute Gasteiger partial charge is 0.191 e. The number of furan rings is 1. The van der Waals surface area contributed by atoms with Crippen LogP contribution in [0.15, 0.2) is 52.1 Å². The zero-order valence-electron chi connectivity index (χ0n) is 15.9. The number of aliphatic imine (C=N–C) groups is 1. The van der Waals surface area contributed by atoms with Crippen LogP contribution in [0.4, 0.5) is 0 Å². The molecule has 0 atom stereocenters. The topological polar surface area (TPSA) is 62.0 Å². The van der Waals surface area contributed by atoms with Crippen LogP contribution in [0.5, 0.6) is 0 Å². The van der Waals surface area contributed by atoms with Gasteiger partial charge >= 0.3 is 0 Å². The van der Waals surface area contributed by atoms with Crippen molar-refractivity contribution in [2.75, 3.05) is 45.9 Å². The molecule has 154 valence electrons. The Labute approximate surface area is 188 Å². The summed E-state index contributed by atoms with van der Waals surface area (Å²) in [6.07, 6.45) is 2.51. The Morgan fingerprint density at radius 1 is 1.11 bits per heavy atom. The first-order valence-electron chi connectivity index (χ1n) is 9.39. The maximum atomic E-state index is 6.06. The largest absolute Gasteiger partial charge is 0.469 e. The maximum absolute atomic E-state index is 6.06. The van der Waals surface area contributed by atoms with E-state index in [9.17, 15) is 0 Å². The Morgan fingerprint density at radius 2 is 1.93 bits per heavy atom. The van der Waals surface area contributed by atoms with E-state index in [2.05, 4.69) is 15.5 Å². The molecule has 1 aromatic heterocycles. The van der Waals surface area contributed by atoms with Crippen molar-refractivity contribution in [3.8, 4) is 0 Å². The van der Waals surface area contributed by atoms with Gasteiger partial charge in [-0.25, -0.2) is 4.99 Å². The molecule has 8 heteroatoms. The van der Waals surface area contributed by atoms with Gasteiger partial charge in [-0.05, 0) is 29.8 Å². The molecule has 2 heterocycles. The fraction of sp³-hybridized carbons (Fsp3) is 0.450. The quantitative estimate of drug-likeness (QED) is 0.319. The second-order valence-electron chi connectivity index (χ2n) is 6.43. The molecule has 1 saturated heterocycles. The van der Waals surface area contributed by atoms with Crippen LogP contribution in [0, 0.1) is 0 Å². The minimum atomic E-state index is 0. The molecule has 0 unspecified atom stereocenters. The van der Waals surface area contributed by atoms with E-state index in [0.717, 1.165) is 74.7 Å². The van der Waals surface area contributed by atoms with Gasteiger partial charge in [0.15, 0.2) is 5.96 Å². The average Bonchev–Trinajstić information content (AvgIpc) is 3.20. The first-order valence-corrected chi connectivity index (χ1v) is 9.76. The van der Waals surface area contributed by atoms with Crippen LogP contribution in [-0.4, -0.2) is 56.8 Å². The van der Waals surface area contributed by atoms with E-state index in [1.165, 1.54) is 0 Å². The molecular weight excluding hydrogens is 491 g/mol. The second kappa shape index (κ2) is 13.0. The third-order valence-corrected chi connectivity index (χ3v) is 4.61. The molecule has 2 aromatic rings. The number of benzene rings is 1. The predicted octanol–water partition coefficient (Wildman–Crippen LogP) is 3.16. The predicted molar refractivity (Wildman–Crippen MR) is 124 cm³/mol. The minimum absolute atomic E-state index is 0. The third kappa shape index (κ3) is 8.38.